The summed E-state index contributed by atoms with van der Waals surface area (Å²) >= 11 is 1.33. The fourth-order valence-corrected chi connectivity index (χ4v) is 4.67. The Morgan fingerprint density at radius 3 is 2.44 bits per heavy atom. The minimum atomic E-state index is -0.662. The summed E-state index contributed by atoms with van der Waals surface area (Å²) in [5.41, 5.74) is 2.49. The highest BCUT2D eigenvalue weighted by atomic mass is 32.2. The molecular formula is C25H21F2N3O3S. The Hall–Kier alpha value is -3.72. The van der Waals surface area contributed by atoms with E-state index in [9.17, 15) is 18.4 Å². The summed E-state index contributed by atoms with van der Waals surface area (Å²) in [4.78, 5) is 32.1. The Morgan fingerprint density at radius 2 is 1.79 bits per heavy atom. The van der Waals surface area contributed by atoms with Gasteiger partial charge in [0, 0.05) is 11.4 Å². The Kier molecular flexibility index (Phi) is 6.93. The second-order valence-corrected chi connectivity index (χ2v) is 8.40. The molecule has 2 aliphatic heterocycles. The summed E-state index contributed by atoms with van der Waals surface area (Å²) in [7, 11) is 0. The van der Waals surface area contributed by atoms with Crippen molar-refractivity contribution in [3.8, 4) is 0 Å². The third-order valence-corrected chi connectivity index (χ3v) is 6.10. The van der Waals surface area contributed by atoms with Gasteiger partial charge in [-0.1, -0.05) is 36.5 Å². The SMILES string of the molecule is C=CCOC(=O)C1=C(C)N=C2SC=C(CC(=O)Nc3ccc(F)cc3)N2C1c1ccc(F)cc1. The highest BCUT2D eigenvalue weighted by molar-refractivity contribution is 8.16. The van der Waals surface area contributed by atoms with Crippen molar-refractivity contribution >= 4 is 34.5 Å². The maximum absolute atomic E-state index is 13.7. The summed E-state index contributed by atoms with van der Waals surface area (Å²) in [6.07, 6.45) is 1.45. The molecular weight excluding hydrogens is 460 g/mol. The number of amidine groups is 1. The molecule has 2 aromatic rings. The van der Waals surface area contributed by atoms with Gasteiger partial charge in [-0.05, 0) is 54.3 Å². The molecule has 0 saturated carbocycles. The number of hydrogen-bond acceptors (Lipinski definition) is 6. The van der Waals surface area contributed by atoms with Crippen molar-refractivity contribution in [2.45, 2.75) is 19.4 Å². The first kappa shape index (κ1) is 23.4. The second-order valence-electron chi connectivity index (χ2n) is 7.56. The lowest BCUT2D eigenvalue weighted by Gasteiger charge is -2.36. The van der Waals surface area contributed by atoms with Crippen molar-refractivity contribution in [2.24, 2.45) is 4.99 Å². The molecule has 9 heteroatoms. The Morgan fingerprint density at radius 1 is 1.15 bits per heavy atom. The van der Waals surface area contributed by atoms with Crippen LogP contribution in [0.3, 0.4) is 0 Å². The van der Waals surface area contributed by atoms with E-state index in [2.05, 4.69) is 16.9 Å². The molecule has 6 nitrogen and oxygen atoms in total. The van der Waals surface area contributed by atoms with E-state index in [1.54, 1.807) is 29.4 Å². The topological polar surface area (TPSA) is 71.0 Å². The molecule has 2 heterocycles. The van der Waals surface area contributed by atoms with Gasteiger partial charge in [0.1, 0.15) is 18.2 Å². The fourth-order valence-electron chi connectivity index (χ4n) is 3.71. The number of esters is 1. The van der Waals surface area contributed by atoms with Crippen molar-refractivity contribution in [1.29, 1.82) is 0 Å². The second kappa shape index (κ2) is 10.0. The number of carbonyl (C=O) groups excluding carboxylic acids is 2. The number of rotatable bonds is 7. The van der Waals surface area contributed by atoms with Gasteiger partial charge < -0.3 is 15.0 Å². The highest BCUT2D eigenvalue weighted by Crippen LogP contribution is 2.44. The lowest BCUT2D eigenvalue weighted by molar-refractivity contribution is -0.138. The normalized spacial score (nSPS) is 17.0. The lowest BCUT2D eigenvalue weighted by atomic mass is 9.94. The van der Waals surface area contributed by atoms with E-state index < -0.39 is 23.6 Å². The number of nitrogens with zero attached hydrogens (tertiary/aromatic N) is 2. The molecule has 0 aromatic heterocycles. The molecule has 174 valence electrons. The number of carbonyl (C=O) groups is 2. The Balaban J connectivity index is 1.65. The molecule has 1 atom stereocenters. The molecule has 1 unspecified atom stereocenters. The first-order valence-electron chi connectivity index (χ1n) is 10.4. The Labute approximate surface area is 199 Å². The number of hydrogen-bond donors (Lipinski definition) is 1. The van der Waals surface area contributed by atoms with Gasteiger partial charge >= 0.3 is 5.97 Å². The standard InChI is InChI=1S/C25H21F2N3O3S/c1-3-12-33-24(32)22-15(2)28-25-30(23(22)16-4-6-17(26)7-5-16)20(14-34-25)13-21(31)29-19-10-8-18(27)9-11-19/h3-11,14,23H,1,12-13H2,2H3,(H,29,31). The zero-order valence-electron chi connectivity index (χ0n) is 18.3. The molecule has 2 aliphatic rings. The summed E-state index contributed by atoms with van der Waals surface area (Å²) in [6.45, 7) is 5.31. The molecule has 0 bridgehead atoms. The van der Waals surface area contributed by atoms with E-state index >= 15 is 0 Å². The van der Waals surface area contributed by atoms with Crippen LogP contribution < -0.4 is 5.32 Å². The van der Waals surface area contributed by atoms with Gasteiger partial charge in [0.15, 0.2) is 5.17 Å². The van der Waals surface area contributed by atoms with E-state index in [0.29, 0.717) is 33.4 Å². The summed E-state index contributed by atoms with van der Waals surface area (Å²) in [6, 6.07) is 10.6. The molecule has 1 amide bonds. The number of fused-ring (bicyclic) bond motifs is 1. The van der Waals surface area contributed by atoms with Crippen molar-refractivity contribution < 1.29 is 23.1 Å². The summed E-state index contributed by atoms with van der Waals surface area (Å²) in [5.74, 6) is -1.70. The van der Waals surface area contributed by atoms with Crippen molar-refractivity contribution in [3.63, 3.8) is 0 Å². The van der Waals surface area contributed by atoms with Crippen LogP contribution in [-0.2, 0) is 14.3 Å². The van der Waals surface area contributed by atoms with E-state index in [-0.39, 0.29) is 18.9 Å². The highest BCUT2D eigenvalue weighted by Gasteiger charge is 2.41. The first-order valence-corrected chi connectivity index (χ1v) is 11.3. The van der Waals surface area contributed by atoms with Gasteiger partial charge in [-0.3, -0.25) is 4.79 Å². The number of halogens is 2. The predicted octanol–water partition coefficient (Wildman–Crippen LogP) is 5.30. The van der Waals surface area contributed by atoms with Crippen LogP contribution in [0.5, 0.6) is 0 Å². The third kappa shape index (κ3) is 4.94. The van der Waals surface area contributed by atoms with Crippen LogP contribution in [0.15, 0.2) is 88.6 Å². The summed E-state index contributed by atoms with van der Waals surface area (Å²) < 4.78 is 32.1. The largest absolute Gasteiger partial charge is 0.458 e. The van der Waals surface area contributed by atoms with Gasteiger partial charge in [0.25, 0.3) is 0 Å². The first-order chi connectivity index (χ1) is 16.4. The van der Waals surface area contributed by atoms with E-state index in [1.807, 2.05) is 0 Å². The van der Waals surface area contributed by atoms with Gasteiger partial charge in [-0.15, -0.1) is 0 Å². The number of amides is 1. The van der Waals surface area contributed by atoms with E-state index in [1.165, 1.54) is 54.2 Å². The number of anilines is 1. The van der Waals surface area contributed by atoms with E-state index in [0.717, 1.165) is 0 Å². The van der Waals surface area contributed by atoms with Gasteiger partial charge in [-0.25, -0.2) is 18.6 Å². The number of nitrogens with one attached hydrogen (secondary N) is 1. The average Bonchev–Trinajstić information content (AvgIpc) is 3.20. The molecule has 0 saturated heterocycles. The number of thioether (sulfide) groups is 1. The third-order valence-electron chi connectivity index (χ3n) is 5.21. The van der Waals surface area contributed by atoms with Crippen molar-refractivity contribution in [1.82, 2.24) is 4.90 Å². The minimum Gasteiger partial charge on any atom is -0.458 e. The van der Waals surface area contributed by atoms with Crippen LogP contribution >= 0.6 is 11.8 Å². The predicted molar refractivity (Wildman–Crippen MR) is 128 cm³/mol. The molecule has 0 spiro atoms. The van der Waals surface area contributed by atoms with Crippen LogP contribution in [-0.4, -0.2) is 28.6 Å². The molecule has 2 aromatic carbocycles. The zero-order valence-corrected chi connectivity index (χ0v) is 19.1. The number of allylic oxidation sites excluding steroid dienone is 1. The van der Waals surface area contributed by atoms with Gasteiger partial charge in [0.05, 0.1) is 23.7 Å². The van der Waals surface area contributed by atoms with Crippen LogP contribution in [0.25, 0.3) is 0 Å². The maximum Gasteiger partial charge on any atom is 0.338 e. The molecule has 0 fully saturated rings. The maximum atomic E-state index is 13.7. The van der Waals surface area contributed by atoms with Crippen LogP contribution in [0.1, 0.15) is 24.9 Å². The number of aliphatic imine (C=N–C) groups is 1. The van der Waals surface area contributed by atoms with Gasteiger partial charge in [0.2, 0.25) is 5.91 Å². The van der Waals surface area contributed by atoms with Crippen LogP contribution in [0.4, 0.5) is 14.5 Å². The van der Waals surface area contributed by atoms with E-state index in [4.69, 9.17) is 4.74 Å². The quantitative estimate of drug-likeness (QED) is 0.429. The van der Waals surface area contributed by atoms with Gasteiger partial charge in [-0.2, -0.15) is 0 Å². The zero-order chi connectivity index (χ0) is 24.2. The van der Waals surface area contributed by atoms with Crippen LogP contribution in [0.2, 0.25) is 0 Å². The fraction of sp³-hybridized carbons (Fsp3) is 0.160. The Bertz CT molecular complexity index is 1220. The molecule has 0 aliphatic carbocycles. The van der Waals surface area contributed by atoms with Crippen LogP contribution in [0, 0.1) is 11.6 Å². The monoisotopic (exact) mass is 481 g/mol. The lowest BCUT2D eigenvalue weighted by Crippen LogP contribution is -2.37. The molecule has 4 rings (SSSR count). The molecule has 34 heavy (non-hydrogen) atoms. The molecule has 1 N–H and O–H groups in total. The average molecular weight is 482 g/mol. The van der Waals surface area contributed by atoms with Crippen molar-refractivity contribution in [2.75, 3.05) is 11.9 Å². The summed E-state index contributed by atoms with van der Waals surface area (Å²) in [5, 5.41) is 5.13. The number of benzene rings is 2. The smallest absolute Gasteiger partial charge is 0.338 e. The number of ether oxygens (including phenoxy) is 1. The minimum absolute atomic E-state index is 0.0187. The molecule has 0 radical (unpaired) electrons. The van der Waals surface area contributed by atoms with Crippen molar-refractivity contribution in [3.05, 3.63) is 101 Å².